The number of rotatable bonds is 9. The first-order valence-corrected chi connectivity index (χ1v) is 10.8. The van der Waals surface area contributed by atoms with Crippen LogP contribution in [0.2, 0.25) is 0 Å². The smallest absolute Gasteiger partial charge is 0.261 e. The lowest BCUT2D eigenvalue weighted by Crippen LogP contribution is -2.48. The highest BCUT2D eigenvalue weighted by Crippen LogP contribution is 2.32. The fourth-order valence-corrected chi connectivity index (χ4v) is 3.50. The van der Waals surface area contributed by atoms with Gasteiger partial charge in [0, 0.05) is 13.1 Å². The molecule has 33 heavy (non-hydrogen) atoms. The summed E-state index contributed by atoms with van der Waals surface area (Å²) in [7, 11) is 0. The summed E-state index contributed by atoms with van der Waals surface area (Å²) in [6, 6.07) is 23.6. The molecule has 3 aromatic rings. The van der Waals surface area contributed by atoms with Crippen molar-refractivity contribution in [3.8, 4) is 17.2 Å². The van der Waals surface area contributed by atoms with E-state index in [4.69, 9.17) is 14.2 Å². The molecule has 1 atom stereocenters. The maximum absolute atomic E-state index is 13.1. The number of benzene rings is 3. The molecular weight excluding hydrogens is 420 g/mol. The molecule has 0 unspecified atom stereocenters. The van der Waals surface area contributed by atoms with Crippen LogP contribution >= 0.6 is 0 Å². The Morgan fingerprint density at radius 2 is 1.64 bits per heavy atom. The highest BCUT2D eigenvalue weighted by Gasteiger charge is 2.26. The van der Waals surface area contributed by atoms with Crippen molar-refractivity contribution in [2.24, 2.45) is 0 Å². The molecule has 1 aliphatic heterocycles. The molecule has 1 heterocycles. The Bertz CT molecular complexity index is 1090. The predicted octanol–water partition coefficient (Wildman–Crippen LogP) is 3.53. The fraction of sp³-hybridized carbons (Fsp3) is 0.231. The molecule has 1 N–H and O–H groups in total. The van der Waals surface area contributed by atoms with E-state index in [2.05, 4.69) is 5.32 Å². The van der Waals surface area contributed by atoms with Crippen molar-refractivity contribution in [2.45, 2.75) is 26.1 Å². The topological polar surface area (TPSA) is 77.1 Å². The summed E-state index contributed by atoms with van der Waals surface area (Å²) in [5, 5.41) is 2.91. The number of carbonyl (C=O) groups excluding carboxylic acids is 2. The van der Waals surface area contributed by atoms with Crippen molar-refractivity contribution in [1.82, 2.24) is 10.2 Å². The number of para-hydroxylation sites is 1. The van der Waals surface area contributed by atoms with Gasteiger partial charge in [-0.1, -0.05) is 54.6 Å². The third kappa shape index (κ3) is 5.83. The summed E-state index contributed by atoms with van der Waals surface area (Å²) in [5.41, 5.74) is 1.81. The number of hydrogen-bond acceptors (Lipinski definition) is 5. The van der Waals surface area contributed by atoms with E-state index in [1.807, 2.05) is 66.7 Å². The normalized spacial score (nSPS) is 12.6. The van der Waals surface area contributed by atoms with Gasteiger partial charge < -0.3 is 24.4 Å². The van der Waals surface area contributed by atoms with Crippen LogP contribution in [0.3, 0.4) is 0 Å². The summed E-state index contributed by atoms with van der Waals surface area (Å²) in [5.74, 6) is 1.43. The van der Waals surface area contributed by atoms with Gasteiger partial charge in [-0.25, -0.2) is 0 Å². The van der Waals surface area contributed by atoms with Gasteiger partial charge in [-0.15, -0.1) is 0 Å². The first-order valence-electron chi connectivity index (χ1n) is 10.8. The molecule has 0 radical (unpaired) electrons. The molecule has 3 aromatic carbocycles. The lowest BCUT2D eigenvalue weighted by Gasteiger charge is -2.28. The Morgan fingerprint density at radius 3 is 2.39 bits per heavy atom. The van der Waals surface area contributed by atoms with E-state index in [9.17, 15) is 9.59 Å². The molecular formula is C26H26N2O5. The number of nitrogens with zero attached hydrogens (tertiary/aromatic N) is 1. The van der Waals surface area contributed by atoms with Crippen LogP contribution in [0.1, 0.15) is 18.1 Å². The number of carbonyl (C=O) groups is 2. The van der Waals surface area contributed by atoms with Gasteiger partial charge in [0.05, 0.1) is 0 Å². The second-order valence-electron chi connectivity index (χ2n) is 7.69. The second-order valence-corrected chi connectivity index (χ2v) is 7.69. The van der Waals surface area contributed by atoms with Gasteiger partial charge >= 0.3 is 0 Å². The average Bonchev–Trinajstić information content (AvgIpc) is 3.33. The molecule has 0 fully saturated rings. The highest BCUT2D eigenvalue weighted by molar-refractivity contribution is 5.88. The number of nitrogens with one attached hydrogen (secondary N) is 1. The molecule has 0 bridgehead atoms. The quantitative estimate of drug-likeness (QED) is 0.544. The Hall–Kier alpha value is -4.00. The standard InChI is InChI=1S/C26H26N2O5/c1-19(26(30)27-15-21-12-13-23-24(14-21)33-18-32-23)28(16-20-8-4-2-5-9-20)25(29)17-31-22-10-6-3-7-11-22/h2-14,19H,15-18H2,1H3,(H,27,30)/t19-/m0/s1. The van der Waals surface area contributed by atoms with E-state index < -0.39 is 6.04 Å². The molecule has 7 nitrogen and oxygen atoms in total. The summed E-state index contributed by atoms with van der Waals surface area (Å²) in [6.07, 6.45) is 0. The van der Waals surface area contributed by atoms with Gasteiger partial charge in [0.2, 0.25) is 12.7 Å². The van der Waals surface area contributed by atoms with Crippen LogP contribution in [0.15, 0.2) is 78.9 Å². The lowest BCUT2D eigenvalue weighted by atomic mass is 10.1. The highest BCUT2D eigenvalue weighted by atomic mass is 16.7. The van der Waals surface area contributed by atoms with Crippen molar-refractivity contribution in [1.29, 1.82) is 0 Å². The van der Waals surface area contributed by atoms with E-state index in [0.717, 1.165) is 11.1 Å². The SMILES string of the molecule is C[C@@H](C(=O)NCc1ccc2c(c1)OCO2)N(Cc1ccccc1)C(=O)COc1ccccc1. The maximum atomic E-state index is 13.1. The molecule has 170 valence electrons. The van der Waals surface area contributed by atoms with Gasteiger partial charge in [0.15, 0.2) is 18.1 Å². The number of ether oxygens (including phenoxy) is 3. The summed E-state index contributed by atoms with van der Waals surface area (Å²) >= 11 is 0. The second kappa shape index (κ2) is 10.5. The average molecular weight is 447 g/mol. The Balaban J connectivity index is 1.41. The monoisotopic (exact) mass is 446 g/mol. The lowest BCUT2D eigenvalue weighted by molar-refractivity contribution is -0.142. The minimum absolute atomic E-state index is 0.156. The minimum Gasteiger partial charge on any atom is -0.484 e. The van der Waals surface area contributed by atoms with Gasteiger partial charge in [0.25, 0.3) is 5.91 Å². The molecule has 0 saturated heterocycles. The third-order valence-electron chi connectivity index (χ3n) is 5.37. The molecule has 4 rings (SSSR count). The van der Waals surface area contributed by atoms with Crippen LogP contribution in [-0.4, -0.2) is 36.2 Å². The minimum atomic E-state index is -0.689. The Kier molecular flexibility index (Phi) is 7.09. The third-order valence-corrected chi connectivity index (χ3v) is 5.37. The molecule has 0 aromatic heterocycles. The van der Waals surface area contributed by atoms with Gasteiger partial charge in [-0.05, 0) is 42.3 Å². The summed E-state index contributed by atoms with van der Waals surface area (Å²) in [6.45, 7) is 2.38. The Labute approximate surface area is 192 Å². The van der Waals surface area contributed by atoms with E-state index in [1.54, 1.807) is 19.1 Å². The van der Waals surface area contributed by atoms with E-state index in [-0.39, 0.29) is 25.2 Å². The molecule has 1 aliphatic rings. The van der Waals surface area contributed by atoms with Gasteiger partial charge in [-0.3, -0.25) is 9.59 Å². The molecule has 0 aliphatic carbocycles. The van der Waals surface area contributed by atoms with Crippen LogP contribution < -0.4 is 19.5 Å². The van der Waals surface area contributed by atoms with Crippen LogP contribution in [0, 0.1) is 0 Å². The predicted molar refractivity (Wildman–Crippen MR) is 123 cm³/mol. The van der Waals surface area contributed by atoms with Gasteiger partial charge in [-0.2, -0.15) is 0 Å². The van der Waals surface area contributed by atoms with Crippen molar-refractivity contribution in [3.63, 3.8) is 0 Å². The van der Waals surface area contributed by atoms with Crippen LogP contribution in [0.4, 0.5) is 0 Å². The van der Waals surface area contributed by atoms with Crippen LogP contribution in [0.25, 0.3) is 0 Å². The number of hydrogen-bond donors (Lipinski definition) is 1. The van der Waals surface area contributed by atoms with Crippen molar-refractivity contribution in [3.05, 3.63) is 90.0 Å². The van der Waals surface area contributed by atoms with Crippen LogP contribution in [-0.2, 0) is 22.7 Å². The fourth-order valence-electron chi connectivity index (χ4n) is 3.50. The molecule has 2 amide bonds. The Morgan fingerprint density at radius 1 is 0.939 bits per heavy atom. The zero-order valence-electron chi connectivity index (χ0n) is 18.4. The molecule has 7 heteroatoms. The van der Waals surface area contributed by atoms with E-state index in [1.165, 1.54) is 4.90 Å². The van der Waals surface area contributed by atoms with Crippen molar-refractivity contribution < 1.29 is 23.8 Å². The van der Waals surface area contributed by atoms with E-state index >= 15 is 0 Å². The first kappa shape index (κ1) is 22.2. The molecule has 0 spiro atoms. The zero-order valence-corrected chi connectivity index (χ0v) is 18.4. The maximum Gasteiger partial charge on any atom is 0.261 e. The van der Waals surface area contributed by atoms with Crippen molar-refractivity contribution >= 4 is 11.8 Å². The van der Waals surface area contributed by atoms with Crippen molar-refractivity contribution in [2.75, 3.05) is 13.4 Å². The largest absolute Gasteiger partial charge is 0.484 e. The first-order chi connectivity index (χ1) is 16.1. The summed E-state index contributed by atoms with van der Waals surface area (Å²) in [4.78, 5) is 27.6. The van der Waals surface area contributed by atoms with Crippen LogP contribution in [0.5, 0.6) is 17.2 Å². The zero-order chi connectivity index (χ0) is 23.0. The van der Waals surface area contributed by atoms with Gasteiger partial charge in [0.1, 0.15) is 11.8 Å². The number of fused-ring (bicyclic) bond motifs is 1. The molecule has 0 saturated carbocycles. The number of amides is 2. The summed E-state index contributed by atoms with van der Waals surface area (Å²) < 4.78 is 16.4. The van der Waals surface area contributed by atoms with E-state index in [0.29, 0.717) is 30.3 Å².